The molecule has 1 amide bonds. The third kappa shape index (κ3) is 4.49. The Bertz CT molecular complexity index is 885. The van der Waals surface area contributed by atoms with Crippen molar-refractivity contribution in [3.05, 3.63) is 65.9 Å². The van der Waals surface area contributed by atoms with Crippen LogP contribution in [0.25, 0.3) is 0 Å². The molecule has 0 aliphatic rings. The third-order valence-corrected chi connectivity index (χ3v) is 4.97. The van der Waals surface area contributed by atoms with Crippen LogP contribution in [0.1, 0.15) is 21.9 Å². The lowest BCUT2D eigenvalue weighted by Gasteiger charge is -2.13. The zero-order chi connectivity index (χ0) is 18.5. The molecule has 0 aliphatic carbocycles. The Morgan fingerprint density at radius 3 is 2.88 bits per heavy atom. The molecule has 0 fully saturated rings. The monoisotopic (exact) mass is 370 g/mol. The Morgan fingerprint density at radius 2 is 2.15 bits per heavy atom. The first-order chi connectivity index (χ1) is 12.5. The minimum atomic E-state index is -0.214. The van der Waals surface area contributed by atoms with Gasteiger partial charge in [-0.2, -0.15) is 0 Å². The molecule has 1 N–H and O–H groups in total. The summed E-state index contributed by atoms with van der Waals surface area (Å²) >= 11 is 1.57. The van der Waals surface area contributed by atoms with Gasteiger partial charge in [-0.15, -0.1) is 0 Å². The molecule has 0 atom stereocenters. The molecule has 0 bridgehead atoms. The maximum atomic E-state index is 12.3. The van der Waals surface area contributed by atoms with Crippen LogP contribution in [0.4, 0.5) is 5.69 Å². The number of nitrogens with one attached hydrogen (secondary N) is 1. The van der Waals surface area contributed by atoms with E-state index in [9.17, 15) is 4.79 Å². The predicted octanol–water partition coefficient (Wildman–Crippen LogP) is 3.30. The molecule has 0 radical (unpaired) electrons. The van der Waals surface area contributed by atoms with Crippen molar-refractivity contribution >= 4 is 23.4 Å². The van der Waals surface area contributed by atoms with Crippen LogP contribution in [0.15, 0.2) is 58.4 Å². The van der Waals surface area contributed by atoms with Crippen LogP contribution >= 0.6 is 11.8 Å². The maximum absolute atomic E-state index is 12.3. The SMILES string of the molecule is CN(C)c1cccc(CNC(=O)c2ccc(CSc3nccn3C)o2)c1. The molecule has 0 spiro atoms. The summed E-state index contributed by atoms with van der Waals surface area (Å²) in [6.07, 6.45) is 3.66. The molecule has 0 unspecified atom stereocenters. The van der Waals surface area contributed by atoms with Gasteiger partial charge in [-0.1, -0.05) is 23.9 Å². The van der Waals surface area contributed by atoms with E-state index < -0.39 is 0 Å². The lowest BCUT2D eigenvalue weighted by atomic mass is 10.2. The van der Waals surface area contributed by atoms with E-state index in [0.717, 1.165) is 22.2 Å². The van der Waals surface area contributed by atoms with Gasteiger partial charge in [0, 0.05) is 45.8 Å². The van der Waals surface area contributed by atoms with Gasteiger partial charge in [0.15, 0.2) is 10.9 Å². The van der Waals surface area contributed by atoms with E-state index in [-0.39, 0.29) is 5.91 Å². The number of hydrogen-bond acceptors (Lipinski definition) is 5. The fraction of sp³-hybridized carbons (Fsp3) is 0.263. The molecule has 1 aromatic carbocycles. The summed E-state index contributed by atoms with van der Waals surface area (Å²) in [5.74, 6) is 1.48. The third-order valence-electron chi connectivity index (χ3n) is 3.89. The molecule has 3 aromatic rings. The van der Waals surface area contributed by atoms with Crippen molar-refractivity contribution in [1.29, 1.82) is 0 Å². The quantitative estimate of drug-likeness (QED) is 0.647. The Hall–Kier alpha value is -2.67. The molecular formula is C19H22N4O2S. The second kappa shape index (κ2) is 8.14. The second-order valence-electron chi connectivity index (χ2n) is 6.12. The van der Waals surface area contributed by atoms with Crippen LogP contribution in [0.5, 0.6) is 0 Å². The first kappa shape index (κ1) is 18.1. The summed E-state index contributed by atoms with van der Waals surface area (Å²) in [5, 5.41) is 3.81. The maximum Gasteiger partial charge on any atom is 0.287 e. The van der Waals surface area contributed by atoms with Gasteiger partial charge in [0.25, 0.3) is 5.91 Å². The lowest BCUT2D eigenvalue weighted by molar-refractivity contribution is 0.0922. The van der Waals surface area contributed by atoms with Crippen molar-refractivity contribution in [2.24, 2.45) is 7.05 Å². The van der Waals surface area contributed by atoms with E-state index in [0.29, 0.717) is 18.1 Å². The number of carbonyl (C=O) groups excluding carboxylic acids is 1. The average Bonchev–Trinajstić information content (AvgIpc) is 3.27. The number of thioether (sulfide) groups is 1. The molecule has 7 heteroatoms. The normalized spacial score (nSPS) is 10.7. The Kier molecular flexibility index (Phi) is 5.68. The van der Waals surface area contributed by atoms with Crippen LogP contribution in [0.3, 0.4) is 0 Å². The zero-order valence-corrected chi connectivity index (χ0v) is 15.9. The van der Waals surface area contributed by atoms with Crippen molar-refractivity contribution in [2.45, 2.75) is 17.5 Å². The summed E-state index contributed by atoms with van der Waals surface area (Å²) in [6.45, 7) is 0.457. The lowest BCUT2D eigenvalue weighted by Crippen LogP contribution is -2.22. The highest BCUT2D eigenvalue weighted by Gasteiger charge is 2.12. The molecular weight excluding hydrogens is 348 g/mol. The van der Waals surface area contributed by atoms with Crippen LogP contribution in [0.2, 0.25) is 0 Å². The van der Waals surface area contributed by atoms with E-state index in [1.165, 1.54) is 0 Å². The smallest absolute Gasteiger partial charge is 0.287 e. The van der Waals surface area contributed by atoms with Gasteiger partial charge in [0.05, 0.1) is 5.75 Å². The summed E-state index contributed by atoms with van der Waals surface area (Å²) in [4.78, 5) is 18.6. The Labute approximate surface area is 157 Å². The van der Waals surface area contributed by atoms with Crippen LogP contribution in [0, 0.1) is 0 Å². The molecule has 2 heterocycles. The van der Waals surface area contributed by atoms with E-state index in [1.807, 2.05) is 61.1 Å². The summed E-state index contributed by atoms with van der Waals surface area (Å²) in [5.41, 5.74) is 2.14. The summed E-state index contributed by atoms with van der Waals surface area (Å²) in [7, 11) is 5.93. The number of carbonyl (C=O) groups is 1. The Morgan fingerprint density at radius 1 is 1.31 bits per heavy atom. The van der Waals surface area contributed by atoms with Gasteiger partial charge in [-0.05, 0) is 29.8 Å². The molecule has 0 aliphatic heterocycles. The number of nitrogens with zero attached hydrogens (tertiary/aromatic N) is 3. The predicted molar refractivity (Wildman–Crippen MR) is 103 cm³/mol. The number of imidazole rings is 1. The van der Waals surface area contributed by atoms with E-state index in [1.54, 1.807) is 24.0 Å². The Balaban J connectivity index is 1.54. The van der Waals surface area contributed by atoms with Crippen LogP contribution in [-0.4, -0.2) is 29.6 Å². The van der Waals surface area contributed by atoms with Gasteiger partial charge >= 0.3 is 0 Å². The number of anilines is 1. The van der Waals surface area contributed by atoms with Crippen molar-refractivity contribution in [1.82, 2.24) is 14.9 Å². The topological polar surface area (TPSA) is 63.3 Å². The second-order valence-corrected chi connectivity index (χ2v) is 7.06. The average molecular weight is 370 g/mol. The zero-order valence-electron chi connectivity index (χ0n) is 15.1. The molecule has 2 aromatic heterocycles. The highest BCUT2D eigenvalue weighted by molar-refractivity contribution is 7.98. The largest absolute Gasteiger partial charge is 0.455 e. The highest BCUT2D eigenvalue weighted by atomic mass is 32.2. The molecule has 3 rings (SSSR count). The van der Waals surface area contributed by atoms with Crippen molar-refractivity contribution < 1.29 is 9.21 Å². The number of rotatable bonds is 7. The van der Waals surface area contributed by atoms with E-state index >= 15 is 0 Å². The molecule has 6 nitrogen and oxygen atoms in total. The van der Waals surface area contributed by atoms with Gasteiger partial charge < -0.3 is 19.2 Å². The standard InChI is InChI=1S/C19H22N4O2S/c1-22(2)15-6-4-5-14(11-15)12-21-18(24)17-8-7-16(25-17)13-26-19-20-9-10-23(19)3/h4-11H,12-13H2,1-3H3,(H,21,24). The summed E-state index contributed by atoms with van der Waals surface area (Å²) < 4.78 is 7.60. The van der Waals surface area contributed by atoms with Gasteiger partial charge in [0.1, 0.15) is 5.76 Å². The number of aromatic nitrogens is 2. The van der Waals surface area contributed by atoms with Gasteiger partial charge in [-0.3, -0.25) is 4.79 Å². The number of hydrogen-bond donors (Lipinski definition) is 1. The fourth-order valence-electron chi connectivity index (χ4n) is 2.42. The molecule has 26 heavy (non-hydrogen) atoms. The first-order valence-electron chi connectivity index (χ1n) is 8.26. The first-order valence-corrected chi connectivity index (χ1v) is 9.25. The summed E-state index contributed by atoms with van der Waals surface area (Å²) in [6, 6.07) is 11.6. The van der Waals surface area contributed by atoms with Crippen molar-refractivity contribution in [3.8, 4) is 0 Å². The minimum absolute atomic E-state index is 0.214. The number of benzene rings is 1. The highest BCUT2D eigenvalue weighted by Crippen LogP contribution is 2.22. The molecule has 0 saturated heterocycles. The fourth-order valence-corrected chi connectivity index (χ4v) is 3.24. The van der Waals surface area contributed by atoms with Crippen LogP contribution < -0.4 is 10.2 Å². The van der Waals surface area contributed by atoms with Crippen molar-refractivity contribution in [2.75, 3.05) is 19.0 Å². The van der Waals surface area contributed by atoms with E-state index in [4.69, 9.17) is 4.42 Å². The van der Waals surface area contributed by atoms with Gasteiger partial charge in [0.2, 0.25) is 0 Å². The van der Waals surface area contributed by atoms with Crippen molar-refractivity contribution in [3.63, 3.8) is 0 Å². The number of furan rings is 1. The van der Waals surface area contributed by atoms with Gasteiger partial charge in [-0.25, -0.2) is 4.98 Å². The minimum Gasteiger partial charge on any atom is -0.455 e. The molecule has 0 saturated carbocycles. The van der Waals surface area contributed by atoms with E-state index in [2.05, 4.69) is 16.4 Å². The number of aryl methyl sites for hydroxylation is 1. The number of amides is 1. The molecule has 136 valence electrons. The van der Waals surface area contributed by atoms with Crippen LogP contribution in [-0.2, 0) is 19.3 Å².